The zero-order valence-electron chi connectivity index (χ0n) is 12.6. The summed E-state index contributed by atoms with van der Waals surface area (Å²) >= 11 is 0. The molecule has 0 aromatic heterocycles. The number of carbonyl (C=O) groups excluding carboxylic acids is 2. The standard InChI is InChI=1S/C17H14FNO4/c1-22-13-8-7-11-14(15(13)23-2)17(21)19(16(11)20)9-10-5-3-4-6-12(10)18/h3-8H,9H2,1-2H3. The molecule has 6 heteroatoms. The summed E-state index contributed by atoms with van der Waals surface area (Å²) < 4.78 is 24.2. The zero-order valence-corrected chi connectivity index (χ0v) is 12.6. The van der Waals surface area contributed by atoms with Gasteiger partial charge >= 0.3 is 0 Å². The average Bonchev–Trinajstić information content (AvgIpc) is 2.81. The van der Waals surface area contributed by atoms with Gasteiger partial charge in [0.25, 0.3) is 11.8 Å². The largest absolute Gasteiger partial charge is 0.493 e. The number of nitrogens with zero attached hydrogens (tertiary/aromatic N) is 1. The molecule has 1 aliphatic heterocycles. The summed E-state index contributed by atoms with van der Waals surface area (Å²) in [6.07, 6.45) is 0. The lowest BCUT2D eigenvalue weighted by Gasteiger charge is -2.14. The monoisotopic (exact) mass is 315 g/mol. The van der Waals surface area contributed by atoms with Gasteiger partial charge in [-0.2, -0.15) is 0 Å². The van der Waals surface area contributed by atoms with Crippen LogP contribution in [-0.2, 0) is 6.54 Å². The molecule has 2 aromatic carbocycles. The molecule has 5 nitrogen and oxygen atoms in total. The smallest absolute Gasteiger partial charge is 0.265 e. The molecule has 0 unspecified atom stereocenters. The van der Waals surface area contributed by atoms with E-state index in [2.05, 4.69) is 0 Å². The van der Waals surface area contributed by atoms with Crippen molar-refractivity contribution >= 4 is 11.8 Å². The highest BCUT2D eigenvalue weighted by Gasteiger charge is 2.39. The molecule has 0 fully saturated rings. The summed E-state index contributed by atoms with van der Waals surface area (Å²) in [6, 6.07) is 9.11. The maximum Gasteiger partial charge on any atom is 0.265 e. The minimum absolute atomic E-state index is 0.134. The molecule has 23 heavy (non-hydrogen) atoms. The van der Waals surface area contributed by atoms with Crippen LogP contribution in [-0.4, -0.2) is 30.9 Å². The Balaban J connectivity index is 2.03. The zero-order chi connectivity index (χ0) is 16.6. The number of benzene rings is 2. The quantitative estimate of drug-likeness (QED) is 0.814. The van der Waals surface area contributed by atoms with Gasteiger partial charge in [0.15, 0.2) is 11.5 Å². The number of amides is 2. The van der Waals surface area contributed by atoms with Crippen molar-refractivity contribution in [2.45, 2.75) is 6.54 Å². The number of methoxy groups -OCH3 is 2. The summed E-state index contributed by atoms with van der Waals surface area (Å²) in [6.45, 7) is -0.134. The van der Waals surface area contributed by atoms with Crippen LogP contribution in [0.5, 0.6) is 11.5 Å². The first-order chi connectivity index (χ1) is 11.1. The first-order valence-electron chi connectivity index (χ1n) is 6.93. The van der Waals surface area contributed by atoms with Gasteiger partial charge in [0.2, 0.25) is 0 Å². The summed E-state index contributed by atoms with van der Waals surface area (Å²) in [4.78, 5) is 26.1. The molecule has 0 spiro atoms. The maximum absolute atomic E-state index is 13.8. The predicted octanol–water partition coefficient (Wildman–Crippen LogP) is 2.64. The molecule has 0 bridgehead atoms. The van der Waals surface area contributed by atoms with Crippen LogP contribution in [0.2, 0.25) is 0 Å². The Morgan fingerprint density at radius 3 is 2.39 bits per heavy atom. The Labute approximate surface area is 132 Å². The molecule has 1 heterocycles. The Bertz CT molecular complexity index is 803. The van der Waals surface area contributed by atoms with Crippen molar-refractivity contribution in [2.75, 3.05) is 14.2 Å². The SMILES string of the molecule is COc1ccc2c(c1OC)C(=O)N(Cc1ccccc1F)C2=O. The fourth-order valence-electron chi connectivity index (χ4n) is 2.63. The third-order valence-corrected chi connectivity index (χ3v) is 3.77. The first-order valence-corrected chi connectivity index (χ1v) is 6.93. The molecule has 0 N–H and O–H groups in total. The number of fused-ring (bicyclic) bond motifs is 1. The van der Waals surface area contributed by atoms with Crippen molar-refractivity contribution in [3.63, 3.8) is 0 Å². The third-order valence-electron chi connectivity index (χ3n) is 3.77. The van der Waals surface area contributed by atoms with E-state index in [1.54, 1.807) is 18.2 Å². The second-order valence-corrected chi connectivity index (χ2v) is 5.01. The van der Waals surface area contributed by atoms with E-state index >= 15 is 0 Å². The van der Waals surface area contributed by atoms with Crippen LogP contribution < -0.4 is 9.47 Å². The molecule has 2 amide bonds. The lowest BCUT2D eigenvalue weighted by Crippen LogP contribution is -2.29. The number of imide groups is 1. The van der Waals surface area contributed by atoms with E-state index in [9.17, 15) is 14.0 Å². The molecule has 3 rings (SSSR count). The topological polar surface area (TPSA) is 55.8 Å². The van der Waals surface area contributed by atoms with E-state index in [4.69, 9.17) is 9.47 Å². The Morgan fingerprint density at radius 1 is 1.00 bits per heavy atom. The van der Waals surface area contributed by atoms with E-state index in [1.165, 1.54) is 32.4 Å². The van der Waals surface area contributed by atoms with Crippen LogP contribution in [0.25, 0.3) is 0 Å². The predicted molar refractivity (Wildman–Crippen MR) is 80.2 cm³/mol. The van der Waals surface area contributed by atoms with Gasteiger partial charge in [-0.25, -0.2) is 4.39 Å². The Kier molecular flexibility index (Phi) is 3.73. The van der Waals surface area contributed by atoms with Crippen molar-refractivity contribution in [1.82, 2.24) is 4.90 Å². The fraction of sp³-hybridized carbons (Fsp3) is 0.176. The highest BCUT2D eigenvalue weighted by atomic mass is 19.1. The van der Waals surface area contributed by atoms with Crippen LogP contribution in [0.15, 0.2) is 36.4 Å². The van der Waals surface area contributed by atoms with Crippen LogP contribution in [0, 0.1) is 5.82 Å². The van der Waals surface area contributed by atoms with Crippen molar-refractivity contribution < 1.29 is 23.5 Å². The van der Waals surface area contributed by atoms with Crippen LogP contribution in [0.1, 0.15) is 26.3 Å². The van der Waals surface area contributed by atoms with Crippen LogP contribution >= 0.6 is 0 Å². The minimum Gasteiger partial charge on any atom is -0.493 e. The van der Waals surface area contributed by atoms with Gasteiger partial charge in [0.1, 0.15) is 5.82 Å². The number of ether oxygens (including phenoxy) is 2. The number of carbonyl (C=O) groups is 2. The summed E-state index contributed by atoms with van der Waals surface area (Å²) in [5, 5.41) is 0. The third kappa shape index (κ3) is 2.32. The highest BCUT2D eigenvalue weighted by molar-refractivity contribution is 6.22. The molecule has 0 atom stereocenters. The van der Waals surface area contributed by atoms with Crippen molar-refractivity contribution in [2.24, 2.45) is 0 Å². The highest BCUT2D eigenvalue weighted by Crippen LogP contribution is 2.38. The van der Waals surface area contributed by atoms with Gasteiger partial charge in [0, 0.05) is 5.56 Å². The minimum atomic E-state index is -0.524. The molecular weight excluding hydrogens is 301 g/mol. The van der Waals surface area contributed by atoms with Gasteiger partial charge in [0.05, 0.1) is 31.9 Å². The van der Waals surface area contributed by atoms with E-state index in [-0.39, 0.29) is 29.0 Å². The second kappa shape index (κ2) is 5.72. The molecular formula is C17H14FNO4. The van der Waals surface area contributed by atoms with Gasteiger partial charge in [-0.15, -0.1) is 0 Å². The van der Waals surface area contributed by atoms with E-state index in [0.29, 0.717) is 5.75 Å². The number of rotatable bonds is 4. The Morgan fingerprint density at radius 2 is 1.74 bits per heavy atom. The van der Waals surface area contributed by atoms with E-state index in [1.807, 2.05) is 0 Å². The van der Waals surface area contributed by atoms with Crippen LogP contribution in [0.4, 0.5) is 4.39 Å². The molecule has 0 aliphatic carbocycles. The molecule has 2 aromatic rings. The van der Waals surface area contributed by atoms with Crippen molar-refractivity contribution in [3.05, 3.63) is 58.9 Å². The second-order valence-electron chi connectivity index (χ2n) is 5.01. The number of hydrogen-bond acceptors (Lipinski definition) is 4. The Hall–Kier alpha value is -2.89. The fourth-order valence-corrected chi connectivity index (χ4v) is 2.63. The van der Waals surface area contributed by atoms with Crippen LogP contribution in [0.3, 0.4) is 0 Å². The van der Waals surface area contributed by atoms with E-state index < -0.39 is 17.6 Å². The lowest BCUT2D eigenvalue weighted by atomic mass is 10.1. The van der Waals surface area contributed by atoms with Gasteiger partial charge < -0.3 is 9.47 Å². The molecule has 1 aliphatic rings. The lowest BCUT2D eigenvalue weighted by molar-refractivity contribution is 0.0640. The average molecular weight is 315 g/mol. The van der Waals surface area contributed by atoms with Crippen molar-refractivity contribution in [3.8, 4) is 11.5 Å². The summed E-state index contributed by atoms with van der Waals surface area (Å²) in [7, 11) is 2.85. The molecule has 0 saturated carbocycles. The summed E-state index contributed by atoms with van der Waals surface area (Å²) in [5.41, 5.74) is 0.644. The summed E-state index contributed by atoms with van der Waals surface area (Å²) in [5.74, 6) is -0.897. The normalized spacial score (nSPS) is 13.3. The van der Waals surface area contributed by atoms with Crippen molar-refractivity contribution in [1.29, 1.82) is 0 Å². The van der Waals surface area contributed by atoms with Gasteiger partial charge in [-0.3, -0.25) is 14.5 Å². The molecule has 118 valence electrons. The van der Waals surface area contributed by atoms with Gasteiger partial charge in [-0.05, 0) is 18.2 Å². The number of halogens is 1. The number of hydrogen-bond donors (Lipinski definition) is 0. The maximum atomic E-state index is 13.8. The van der Waals surface area contributed by atoms with Gasteiger partial charge in [-0.1, -0.05) is 18.2 Å². The van der Waals surface area contributed by atoms with E-state index in [0.717, 1.165) is 4.90 Å². The molecule has 0 saturated heterocycles. The molecule has 0 radical (unpaired) electrons. The first kappa shape index (κ1) is 15.0.